The molecule has 0 aliphatic carbocycles. The highest BCUT2D eigenvalue weighted by molar-refractivity contribution is 6.30. The molecule has 0 unspecified atom stereocenters. The normalized spacial score (nSPS) is 14.6. The molecule has 1 aliphatic rings. The van der Waals surface area contributed by atoms with Gasteiger partial charge in [-0.2, -0.15) is 0 Å². The molecule has 5 aromatic rings. The quantitative estimate of drug-likeness (QED) is 0.202. The van der Waals surface area contributed by atoms with E-state index in [0.717, 1.165) is 6.42 Å². The predicted molar refractivity (Wildman–Crippen MR) is 149 cm³/mol. The van der Waals surface area contributed by atoms with Gasteiger partial charge < -0.3 is 19.1 Å². The van der Waals surface area contributed by atoms with Crippen LogP contribution in [0, 0.1) is 17.5 Å². The fraction of sp³-hybridized carbons (Fsp3) is 0.194. The maximum absolute atomic E-state index is 15.4. The third-order valence-corrected chi connectivity index (χ3v) is 7.37. The molecule has 0 saturated carbocycles. The van der Waals surface area contributed by atoms with Gasteiger partial charge in [-0.25, -0.2) is 27.9 Å². The molecule has 0 spiro atoms. The summed E-state index contributed by atoms with van der Waals surface area (Å²) < 4.78 is 57.9. The SMILES string of the molecule is O=C(O)c1ccc2nc(Cc3c(F)cc(-c4cccc(OCc5ccc(Cl)cc5F)n4)cc3F)n(C[C@@H]3CCO3)c2c1. The fourth-order valence-corrected chi connectivity index (χ4v) is 4.96. The maximum atomic E-state index is 15.4. The van der Waals surface area contributed by atoms with Gasteiger partial charge in [0.05, 0.1) is 34.9 Å². The molecular formula is C31H23ClF3N3O4. The molecule has 1 saturated heterocycles. The van der Waals surface area contributed by atoms with E-state index < -0.39 is 23.4 Å². The standard InChI is InChI=1S/C31H23ClF3N3O4/c32-20-6-4-18(23(33)13-20)16-42-30-3-1-2-26(37-30)19-10-24(34)22(25(35)11-19)14-29-36-27-7-5-17(31(39)40)12-28(27)38(29)15-21-8-9-41-21/h1-7,10-13,21H,8-9,14-16H2,(H,39,40)/t21-/m0/s1. The summed E-state index contributed by atoms with van der Waals surface area (Å²) in [6.07, 6.45) is 0.563. The average molecular weight is 594 g/mol. The second-order valence-electron chi connectivity index (χ2n) is 9.91. The lowest BCUT2D eigenvalue weighted by Gasteiger charge is -2.27. The number of halogens is 4. The first-order valence-corrected chi connectivity index (χ1v) is 13.5. The number of rotatable bonds is 9. The Morgan fingerprint density at radius 1 is 1.02 bits per heavy atom. The molecule has 1 N–H and O–H groups in total. The van der Waals surface area contributed by atoms with Crippen molar-refractivity contribution in [1.29, 1.82) is 0 Å². The van der Waals surface area contributed by atoms with E-state index in [-0.39, 0.29) is 58.0 Å². The molecule has 3 aromatic carbocycles. The maximum Gasteiger partial charge on any atom is 0.335 e. The first-order valence-electron chi connectivity index (χ1n) is 13.1. The third kappa shape index (κ3) is 5.68. The van der Waals surface area contributed by atoms with E-state index in [2.05, 4.69) is 9.97 Å². The molecular weight excluding hydrogens is 571 g/mol. The molecule has 3 heterocycles. The van der Waals surface area contributed by atoms with Gasteiger partial charge in [-0.05, 0) is 55.0 Å². The monoisotopic (exact) mass is 593 g/mol. The number of nitrogens with zero attached hydrogens (tertiary/aromatic N) is 3. The van der Waals surface area contributed by atoms with Crippen molar-refractivity contribution < 1.29 is 32.5 Å². The Labute approximate surface area is 243 Å². The van der Waals surface area contributed by atoms with Crippen LogP contribution in [0.4, 0.5) is 13.2 Å². The number of fused-ring (bicyclic) bond motifs is 1. The molecule has 214 valence electrons. The Hall–Kier alpha value is -4.41. The highest BCUT2D eigenvalue weighted by atomic mass is 35.5. The number of carboxylic acids is 1. The second kappa shape index (κ2) is 11.5. The van der Waals surface area contributed by atoms with Gasteiger partial charge in [0.2, 0.25) is 5.88 Å². The van der Waals surface area contributed by atoms with E-state index >= 15 is 8.78 Å². The lowest BCUT2D eigenvalue weighted by atomic mass is 10.0. The Morgan fingerprint density at radius 3 is 2.50 bits per heavy atom. The highest BCUT2D eigenvalue weighted by Crippen LogP contribution is 2.29. The summed E-state index contributed by atoms with van der Waals surface area (Å²) in [6.45, 7) is 0.894. The number of imidazole rings is 1. The minimum Gasteiger partial charge on any atom is -0.478 e. The first kappa shape index (κ1) is 27.7. The summed E-state index contributed by atoms with van der Waals surface area (Å²) in [5, 5.41) is 9.71. The van der Waals surface area contributed by atoms with Gasteiger partial charge in [-0.15, -0.1) is 0 Å². The fourth-order valence-electron chi connectivity index (χ4n) is 4.80. The van der Waals surface area contributed by atoms with Crippen LogP contribution in [0.15, 0.2) is 66.7 Å². The van der Waals surface area contributed by atoms with Crippen molar-refractivity contribution >= 4 is 28.6 Å². The van der Waals surface area contributed by atoms with Crippen LogP contribution in [0.25, 0.3) is 22.3 Å². The number of carboxylic acid groups (broad SMARTS) is 1. The molecule has 6 rings (SSSR count). The smallest absolute Gasteiger partial charge is 0.335 e. The summed E-state index contributed by atoms with van der Waals surface area (Å²) >= 11 is 5.79. The number of benzene rings is 3. The van der Waals surface area contributed by atoms with Crippen LogP contribution in [0.2, 0.25) is 5.02 Å². The van der Waals surface area contributed by atoms with Crippen LogP contribution in [0.1, 0.15) is 33.7 Å². The van der Waals surface area contributed by atoms with E-state index in [1.54, 1.807) is 34.9 Å². The summed E-state index contributed by atoms with van der Waals surface area (Å²) in [4.78, 5) is 20.4. The van der Waals surface area contributed by atoms with Crippen molar-refractivity contribution in [2.75, 3.05) is 6.61 Å². The Morgan fingerprint density at radius 2 is 1.81 bits per heavy atom. The van der Waals surface area contributed by atoms with Crippen LogP contribution in [-0.4, -0.2) is 38.3 Å². The minimum absolute atomic E-state index is 0.0865. The Balaban J connectivity index is 1.27. The second-order valence-corrected chi connectivity index (χ2v) is 10.3. The van der Waals surface area contributed by atoms with Crippen molar-refractivity contribution in [2.45, 2.75) is 32.1 Å². The molecule has 0 bridgehead atoms. The molecule has 1 fully saturated rings. The molecule has 0 radical (unpaired) electrons. The van der Waals surface area contributed by atoms with E-state index in [1.807, 2.05) is 0 Å². The molecule has 1 aliphatic heterocycles. The molecule has 7 nitrogen and oxygen atoms in total. The van der Waals surface area contributed by atoms with E-state index in [4.69, 9.17) is 21.1 Å². The molecule has 1 atom stereocenters. The van der Waals surface area contributed by atoms with Crippen LogP contribution in [-0.2, 0) is 24.3 Å². The Kier molecular flexibility index (Phi) is 7.57. The summed E-state index contributed by atoms with van der Waals surface area (Å²) in [6, 6.07) is 15.9. The number of carbonyl (C=O) groups is 1. The van der Waals surface area contributed by atoms with Crippen molar-refractivity contribution in [3.05, 3.63) is 112 Å². The van der Waals surface area contributed by atoms with Crippen LogP contribution >= 0.6 is 11.6 Å². The topological polar surface area (TPSA) is 86.5 Å². The van der Waals surface area contributed by atoms with Gasteiger partial charge >= 0.3 is 5.97 Å². The zero-order chi connectivity index (χ0) is 29.4. The Bertz CT molecular complexity index is 1800. The largest absolute Gasteiger partial charge is 0.478 e. The van der Waals surface area contributed by atoms with Crippen molar-refractivity contribution in [3.63, 3.8) is 0 Å². The number of ether oxygens (including phenoxy) is 2. The number of aromatic carboxylic acids is 1. The molecule has 2 aromatic heterocycles. The first-order chi connectivity index (χ1) is 20.2. The van der Waals surface area contributed by atoms with Gasteiger partial charge in [0, 0.05) is 40.8 Å². The zero-order valence-electron chi connectivity index (χ0n) is 22.0. The van der Waals surface area contributed by atoms with Gasteiger partial charge in [-0.3, -0.25) is 0 Å². The van der Waals surface area contributed by atoms with E-state index in [1.165, 1.54) is 36.4 Å². The van der Waals surface area contributed by atoms with Gasteiger partial charge in [-0.1, -0.05) is 23.7 Å². The number of hydrogen-bond acceptors (Lipinski definition) is 5. The van der Waals surface area contributed by atoms with E-state index in [0.29, 0.717) is 30.0 Å². The van der Waals surface area contributed by atoms with Crippen molar-refractivity contribution in [1.82, 2.24) is 14.5 Å². The van der Waals surface area contributed by atoms with Crippen LogP contribution in [0.5, 0.6) is 5.88 Å². The lowest BCUT2D eigenvalue weighted by molar-refractivity contribution is -0.0589. The lowest BCUT2D eigenvalue weighted by Crippen LogP contribution is -2.31. The number of hydrogen-bond donors (Lipinski definition) is 1. The summed E-state index contributed by atoms with van der Waals surface area (Å²) in [5.41, 5.74) is 1.71. The van der Waals surface area contributed by atoms with Crippen LogP contribution < -0.4 is 4.74 Å². The highest BCUT2D eigenvalue weighted by Gasteiger charge is 2.24. The minimum atomic E-state index is -1.08. The third-order valence-electron chi connectivity index (χ3n) is 7.14. The van der Waals surface area contributed by atoms with Gasteiger partial charge in [0.1, 0.15) is 29.9 Å². The van der Waals surface area contributed by atoms with Gasteiger partial charge in [0.15, 0.2) is 0 Å². The zero-order valence-corrected chi connectivity index (χ0v) is 22.7. The van der Waals surface area contributed by atoms with Crippen molar-refractivity contribution in [3.8, 4) is 17.1 Å². The summed E-state index contributed by atoms with van der Waals surface area (Å²) in [7, 11) is 0. The number of aromatic nitrogens is 3. The molecule has 11 heteroatoms. The number of pyridine rings is 1. The van der Waals surface area contributed by atoms with Crippen LogP contribution in [0.3, 0.4) is 0 Å². The average Bonchev–Trinajstić information content (AvgIpc) is 3.28. The molecule has 42 heavy (non-hydrogen) atoms. The van der Waals surface area contributed by atoms with E-state index in [9.17, 15) is 14.3 Å². The summed E-state index contributed by atoms with van der Waals surface area (Å²) in [5.74, 6) is -2.64. The van der Waals surface area contributed by atoms with Crippen molar-refractivity contribution in [2.24, 2.45) is 0 Å². The predicted octanol–water partition coefficient (Wildman–Crippen LogP) is 6.83. The van der Waals surface area contributed by atoms with Gasteiger partial charge in [0.25, 0.3) is 0 Å². The molecule has 0 amide bonds.